The lowest BCUT2D eigenvalue weighted by Gasteiger charge is -2.16. The van der Waals surface area contributed by atoms with Crippen LogP contribution in [0.25, 0.3) is 0 Å². The SMILES string of the molecule is CCc1cc(CC(O)c2ccccc2C2CC2)n(CC)n1. The van der Waals surface area contributed by atoms with Crippen LogP contribution in [0.4, 0.5) is 0 Å². The fraction of sp³-hybridized carbons (Fsp3) is 0.500. The molecule has 0 aliphatic heterocycles. The Morgan fingerprint density at radius 2 is 2.05 bits per heavy atom. The second-order valence-corrected chi connectivity index (χ2v) is 5.92. The Labute approximate surface area is 126 Å². The van der Waals surface area contributed by atoms with Crippen LogP contribution in [0.1, 0.15) is 61.2 Å². The summed E-state index contributed by atoms with van der Waals surface area (Å²) >= 11 is 0. The Kier molecular flexibility index (Phi) is 4.11. The van der Waals surface area contributed by atoms with E-state index in [1.807, 2.05) is 10.7 Å². The molecule has 1 aromatic carbocycles. The fourth-order valence-electron chi connectivity index (χ4n) is 3.01. The van der Waals surface area contributed by atoms with E-state index in [2.05, 4.69) is 43.2 Å². The van der Waals surface area contributed by atoms with Gasteiger partial charge in [-0.1, -0.05) is 31.2 Å². The molecule has 3 heteroatoms. The first-order valence-corrected chi connectivity index (χ1v) is 8.05. The molecule has 3 nitrogen and oxygen atoms in total. The Morgan fingerprint density at radius 1 is 1.29 bits per heavy atom. The van der Waals surface area contributed by atoms with Gasteiger partial charge in [-0.2, -0.15) is 5.10 Å². The van der Waals surface area contributed by atoms with Gasteiger partial charge < -0.3 is 5.11 Å². The summed E-state index contributed by atoms with van der Waals surface area (Å²) in [5.74, 6) is 0.665. The second-order valence-electron chi connectivity index (χ2n) is 5.92. The Bertz CT molecular complexity index is 613. The average Bonchev–Trinajstić information content (AvgIpc) is 3.28. The summed E-state index contributed by atoms with van der Waals surface area (Å²) in [7, 11) is 0. The molecule has 0 radical (unpaired) electrons. The van der Waals surface area contributed by atoms with Crippen molar-refractivity contribution in [1.82, 2.24) is 9.78 Å². The van der Waals surface area contributed by atoms with Crippen LogP contribution in [-0.2, 0) is 19.4 Å². The topological polar surface area (TPSA) is 38.0 Å². The van der Waals surface area contributed by atoms with Crippen molar-refractivity contribution in [2.24, 2.45) is 0 Å². The molecule has 1 saturated carbocycles. The third-order valence-corrected chi connectivity index (χ3v) is 4.35. The van der Waals surface area contributed by atoms with Crippen LogP contribution >= 0.6 is 0 Å². The molecule has 112 valence electrons. The Hall–Kier alpha value is -1.61. The fourth-order valence-corrected chi connectivity index (χ4v) is 3.01. The minimum atomic E-state index is -0.437. The first-order chi connectivity index (χ1) is 10.2. The van der Waals surface area contributed by atoms with E-state index in [1.54, 1.807) is 0 Å². The molecule has 0 bridgehead atoms. The third-order valence-electron chi connectivity index (χ3n) is 4.35. The van der Waals surface area contributed by atoms with E-state index in [9.17, 15) is 5.11 Å². The highest BCUT2D eigenvalue weighted by Crippen LogP contribution is 2.43. The number of aliphatic hydroxyl groups excluding tert-OH is 1. The van der Waals surface area contributed by atoms with Gasteiger partial charge in [0.2, 0.25) is 0 Å². The zero-order valence-electron chi connectivity index (χ0n) is 12.9. The maximum Gasteiger partial charge on any atom is 0.0848 e. The Morgan fingerprint density at radius 3 is 2.71 bits per heavy atom. The maximum absolute atomic E-state index is 10.7. The zero-order valence-corrected chi connectivity index (χ0v) is 12.9. The first kappa shape index (κ1) is 14.3. The van der Waals surface area contributed by atoms with Gasteiger partial charge in [-0.3, -0.25) is 4.68 Å². The molecule has 1 heterocycles. The predicted octanol–water partition coefficient (Wildman–Crippen LogP) is 3.62. The summed E-state index contributed by atoms with van der Waals surface area (Å²) in [4.78, 5) is 0. The van der Waals surface area contributed by atoms with Gasteiger partial charge in [-0.05, 0) is 49.3 Å². The van der Waals surface area contributed by atoms with Gasteiger partial charge in [0, 0.05) is 18.7 Å². The molecule has 1 aliphatic rings. The van der Waals surface area contributed by atoms with Crippen LogP contribution in [0.5, 0.6) is 0 Å². The number of rotatable bonds is 6. The molecular formula is C18H24N2O. The third kappa shape index (κ3) is 3.03. The molecule has 0 spiro atoms. The highest BCUT2D eigenvalue weighted by atomic mass is 16.3. The van der Waals surface area contributed by atoms with E-state index < -0.39 is 6.10 Å². The molecule has 1 aromatic heterocycles. The molecular weight excluding hydrogens is 260 g/mol. The van der Waals surface area contributed by atoms with Gasteiger partial charge in [0.25, 0.3) is 0 Å². The largest absolute Gasteiger partial charge is 0.388 e. The first-order valence-electron chi connectivity index (χ1n) is 8.05. The van der Waals surface area contributed by atoms with Crippen LogP contribution in [-0.4, -0.2) is 14.9 Å². The van der Waals surface area contributed by atoms with Crippen LogP contribution in [0.15, 0.2) is 30.3 Å². The molecule has 21 heavy (non-hydrogen) atoms. The smallest absolute Gasteiger partial charge is 0.0848 e. The zero-order chi connectivity index (χ0) is 14.8. The summed E-state index contributed by atoms with van der Waals surface area (Å²) in [5, 5.41) is 15.3. The van der Waals surface area contributed by atoms with Crippen molar-refractivity contribution < 1.29 is 5.11 Å². The van der Waals surface area contributed by atoms with E-state index in [4.69, 9.17) is 0 Å². The minimum absolute atomic E-state index is 0.437. The molecule has 0 saturated heterocycles. The van der Waals surface area contributed by atoms with Gasteiger partial charge in [0.1, 0.15) is 0 Å². The highest BCUT2D eigenvalue weighted by molar-refractivity contribution is 5.35. The number of aliphatic hydroxyl groups is 1. The van der Waals surface area contributed by atoms with Gasteiger partial charge in [-0.15, -0.1) is 0 Å². The Balaban J connectivity index is 1.83. The quantitative estimate of drug-likeness (QED) is 0.880. The van der Waals surface area contributed by atoms with E-state index in [0.717, 1.165) is 29.9 Å². The number of benzene rings is 1. The summed E-state index contributed by atoms with van der Waals surface area (Å²) in [6, 6.07) is 10.5. The second kappa shape index (κ2) is 6.02. The van der Waals surface area contributed by atoms with Crippen molar-refractivity contribution in [1.29, 1.82) is 0 Å². The number of nitrogens with zero attached hydrogens (tertiary/aromatic N) is 2. The lowest BCUT2D eigenvalue weighted by Crippen LogP contribution is -2.10. The van der Waals surface area contributed by atoms with E-state index >= 15 is 0 Å². The monoisotopic (exact) mass is 284 g/mol. The lowest BCUT2D eigenvalue weighted by atomic mass is 9.96. The molecule has 2 aromatic rings. The summed E-state index contributed by atoms with van der Waals surface area (Å²) in [6.45, 7) is 5.07. The molecule has 3 rings (SSSR count). The van der Waals surface area contributed by atoms with Crippen molar-refractivity contribution in [3.05, 3.63) is 52.8 Å². The van der Waals surface area contributed by atoms with Crippen molar-refractivity contribution in [2.75, 3.05) is 0 Å². The van der Waals surface area contributed by atoms with Crippen LogP contribution in [0.2, 0.25) is 0 Å². The van der Waals surface area contributed by atoms with Crippen molar-refractivity contribution in [2.45, 2.75) is 58.1 Å². The number of hydrogen-bond donors (Lipinski definition) is 1. The molecule has 1 N–H and O–H groups in total. The molecule has 1 unspecified atom stereocenters. The number of hydrogen-bond acceptors (Lipinski definition) is 2. The summed E-state index contributed by atoms with van der Waals surface area (Å²) in [6.07, 6.45) is 3.67. The van der Waals surface area contributed by atoms with Crippen molar-refractivity contribution in [3.63, 3.8) is 0 Å². The summed E-state index contributed by atoms with van der Waals surface area (Å²) < 4.78 is 2.02. The van der Waals surface area contributed by atoms with Gasteiger partial charge in [0.15, 0.2) is 0 Å². The van der Waals surface area contributed by atoms with Crippen molar-refractivity contribution in [3.8, 4) is 0 Å². The van der Waals surface area contributed by atoms with E-state index in [0.29, 0.717) is 12.3 Å². The van der Waals surface area contributed by atoms with Crippen LogP contribution in [0.3, 0.4) is 0 Å². The maximum atomic E-state index is 10.7. The van der Waals surface area contributed by atoms with Crippen molar-refractivity contribution >= 4 is 0 Å². The molecule has 0 amide bonds. The van der Waals surface area contributed by atoms with Gasteiger partial charge in [-0.25, -0.2) is 0 Å². The molecule has 1 atom stereocenters. The number of aromatic nitrogens is 2. The van der Waals surface area contributed by atoms with Gasteiger partial charge in [0.05, 0.1) is 11.8 Å². The molecule has 1 aliphatic carbocycles. The molecule has 1 fully saturated rings. The summed E-state index contributed by atoms with van der Waals surface area (Å²) in [5.41, 5.74) is 4.67. The lowest BCUT2D eigenvalue weighted by molar-refractivity contribution is 0.174. The minimum Gasteiger partial charge on any atom is -0.388 e. The predicted molar refractivity (Wildman–Crippen MR) is 84.4 cm³/mol. The standard InChI is InChI=1S/C18H24N2O/c1-3-14-11-15(20(4-2)19-14)12-18(21)17-8-6-5-7-16(17)13-9-10-13/h5-8,11,13,18,21H,3-4,9-10,12H2,1-2H3. The van der Waals surface area contributed by atoms with Crippen LogP contribution in [0, 0.1) is 0 Å². The van der Waals surface area contributed by atoms with Crippen LogP contribution < -0.4 is 0 Å². The normalized spacial score (nSPS) is 16.1. The number of aryl methyl sites for hydroxylation is 2. The highest BCUT2D eigenvalue weighted by Gasteiger charge is 2.27. The average molecular weight is 284 g/mol. The van der Waals surface area contributed by atoms with E-state index in [-0.39, 0.29) is 0 Å². The van der Waals surface area contributed by atoms with Gasteiger partial charge >= 0.3 is 0 Å². The van der Waals surface area contributed by atoms with E-state index in [1.165, 1.54) is 18.4 Å².